The second-order valence-electron chi connectivity index (χ2n) is 7.75. The molecule has 0 radical (unpaired) electrons. The van der Waals surface area contributed by atoms with Gasteiger partial charge in [0.15, 0.2) is 5.78 Å². The minimum absolute atomic E-state index is 0.0159. The number of ketones is 1. The SMILES string of the molecule is C[C@@H](C(=O)c1ccc(Cl)cc1)N(C(=O)c1ccc(Cl)c(Cl)c1)N1C(=O)c2c(Br)c(Br)c(Br)c(Br)c2C1=O. The topological polar surface area (TPSA) is 74.8 Å². The van der Waals surface area contributed by atoms with Crippen LogP contribution in [0.25, 0.3) is 0 Å². The number of hydrogen-bond donors (Lipinski definition) is 0. The van der Waals surface area contributed by atoms with E-state index in [1.54, 1.807) is 0 Å². The number of nitrogens with zero attached hydrogens (tertiary/aromatic N) is 2. The van der Waals surface area contributed by atoms with Crippen molar-refractivity contribution >= 4 is 122 Å². The number of hydrazine groups is 1. The summed E-state index contributed by atoms with van der Waals surface area (Å²) in [5, 5.41) is 2.21. The Morgan fingerprint density at radius 2 is 1.24 bits per heavy atom. The first-order valence-corrected chi connectivity index (χ1v) is 14.5. The minimum atomic E-state index is -1.28. The molecule has 0 aromatic heterocycles. The molecule has 1 aliphatic heterocycles. The van der Waals surface area contributed by atoms with Crippen LogP contribution in [0.3, 0.4) is 0 Å². The van der Waals surface area contributed by atoms with E-state index in [-0.39, 0.29) is 32.3 Å². The zero-order valence-corrected chi connectivity index (χ0v) is 26.9. The van der Waals surface area contributed by atoms with E-state index < -0.39 is 29.5 Å². The molecule has 0 bridgehead atoms. The lowest BCUT2D eigenvalue weighted by Gasteiger charge is -2.34. The van der Waals surface area contributed by atoms with Crippen LogP contribution in [0, 0.1) is 0 Å². The highest BCUT2D eigenvalue weighted by molar-refractivity contribution is 9.15. The summed E-state index contributed by atoms with van der Waals surface area (Å²) < 4.78 is 1.57. The molecule has 3 aromatic rings. The second-order valence-corrected chi connectivity index (χ2v) is 12.2. The van der Waals surface area contributed by atoms with E-state index >= 15 is 0 Å². The molecule has 0 unspecified atom stereocenters. The Morgan fingerprint density at radius 3 is 1.73 bits per heavy atom. The number of hydrogen-bond acceptors (Lipinski definition) is 4. The van der Waals surface area contributed by atoms with Gasteiger partial charge < -0.3 is 0 Å². The van der Waals surface area contributed by atoms with Crippen molar-refractivity contribution in [2.75, 3.05) is 0 Å². The van der Waals surface area contributed by atoms with E-state index in [9.17, 15) is 19.2 Å². The molecule has 0 saturated heterocycles. The predicted molar refractivity (Wildman–Crippen MR) is 156 cm³/mol. The summed E-state index contributed by atoms with van der Waals surface area (Å²) in [5.74, 6) is -2.94. The molecule has 0 N–H and O–H groups in total. The number of Topliss-reactive ketones (excluding diaryl/α,β-unsaturated/α-hetero) is 1. The number of carbonyl (C=O) groups excluding carboxylic acids is 4. The molecule has 1 aliphatic rings. The van der Waals surface area contributed by atoms with Crippen LogP contribution in [0.4, 0.5) is 0 Å². The third-order valence-electron chi connectivity index (χ3n) is 5.54. The first-order valence-electron chi connectivity index (χ1n) is 10.2. The lowest BCUT2D eigenvalue weighted by molar-refractivity contribution is -0.00685. The molecular weight excluding hydrogens is 806 g/mol. The van der Waals surface area contributed by atoms with Crippen molar-refractivity contribution in [3.8, 4) is 0 Å². The molecule has 4 rings (SSSR count). The van der Waals surface area contributed by atoms with E-state index in [4.69, 9.17) is 34.8 Å². The normalized spacial score (nSPS) is 13.6. The van der Waals surface area contributed by atoms with Gasteiger partial charge in [0, 0.05) is 34.0 Å². The van der Waals surface area contributed by atoms with Gasteiger partial charge in [-0.2, -0.15) is 5.01 Å². The van der Waals surface area contributed by atoms with Crippen molar-refractivity contribution in [3.05, 3.63) is 97.7 Å². The van der Waals surface area contributed by atoms with Crippen LogP contribution in [0.5, 0.6) is 0 Å². The monoisotopic (exact) mass is 812 g/mol. The highest BCUT2D eigenvalue weighted by Crippen LogP contribution is 2.46. The van der Waals surface area contributed by atoms with E-state index in [1.165, 1.54) is 49.4 Å². The van der Waals surface area contributed by atoms with Crippen LogP contribution in [-0.4, -0.2) is 39.6 Å². The van der Waals surface area contributed by atoms with Gasteiger partial charge in [-0.15, -0.1) is 0 Å². The highest BCUT2D eigenvalue weighted by Gasteiger charge is 2.48. The second kappa shape index (κ2) is 11.1. The maximum absolute atomic E-state index is 13.8. The van der Waals surface area contributed by atoms with Crippen molar-refractivity contribution in [2.24, 2.45) is 0 Å². The van der Waals surface area contributed by atoms with Gasteiger partial charge in [0.2, 0.25) is 0 Å². The van der Waals surface area contributed by atoms with Gasteiger partial charge in [0.25, 0.3) is 17.7 Å². The Bertz CT molecular complexity index is 1470. The molecule has 0 fully saturated rings. The van der Waals surface area contributed by atoms with Crippen molar-refractivity contribution in [2.45, 2.75) is 13.0 Å². The Hall–Kier alpha value is -1.27. The molecule has 1 heterocycles. The van der Waals surface area contributed by atoms with Gasteiger partial charge >= 0.3 is 0 Å². The highest BCUT2D eigenvalue weighted by atomic mass is 79.9. The largest absolute Gasteiger partial charge is 0.292 e. The quantitative estimate of drug-likeness (QED) is 0.112. The number of carbonyl (C=O) groups is 4. The van der Waals surface area contributed by atoms with E-state index in [0.29, 0.717) is 27.9 Å². The molecule has 13 heteroatoms. The van der Waals surface area contributed by atoms with Crippen molar-refractivity contribution < 1.29 is 19.2 Å². The summed E-state index contributed by atoms with van der Waals surface area (Å²) in [6.07, 6.45) is 0. The Morgan fingerprint density at radius 1 is 0.757 bits per heavy atom. The van der Waals surface area contributed by atoms with Gasteiger partial charge in [-0.05, 0) is 113 Å². The summed E-state index contributed by atoms with van der Waals surface area (Å²) in [5.41, 5.74) is 0.283. The molecule has 0 saturated carbocycles. The molecular formula is C24H11Br4Cl3N2O4. The number of benzene rings is 3. The summed E-state index contributed by atoms with van der Waals surface area (Å²) in [7, 11) is 0. The number of fused-ring (bicyclic) bond motifs is 1. The van der Waals surface area contributed by atoms with E-state index in [1.807, 2.05) is 0 Å². The molecule has 1 atom stereocenters. The van der Waals surface area contributed by atoms with Gasteiger partial charge in [-0.3, -0.25) is 19.2 Å². The molecule has 6 nitrogen and oxygen atoms in total. The zero-order valence-electron chi connectivity index (χ0n) is 18.3. The summed E-state index contributed by atoms with van der Waals surface area (Å²) in [4.78, 5) is 54.7. The number of amides is 3. The summed E-state index contributed by atoms with van der Waals surface area (Å²) in [6.45, 7) is 1.42. The number of halogens is 7. The van der Waals surface area contributed by atoms with Gasteiger partial charge in [0.1, 0.15) is 6.04 Å². The first-order chi connectivity index (χ1) is 17.4. The zero-order chi connectivity index (χ0) is 27.3. The van der Waals surface area contributed by atoms with Crippen molar-refractivity contribution in [1.29, 1.82) is 0 Å². The van der Waals surface area contributed by atoms with Crippen LogP contribution in [0.15, 0.2) is 60.4 Å². The van der Waals surface area contributed by atoms with Gasteiger partial charge in [-0.1, -0.05) is 34.8 Å². The van der Waals surface area contributed by atoms with E-state index in [0.717, 1.165) is 5.01 Å². The molecule has 37 heavy (non-hydrogen) atoms. The van der Waals surface area contributed by atoms with Gasteiger partial charge in [0.05, 0.1) is 21.2 Å². The van der Waals surface area contributed by atoms with E-state index in [2.05, 4.69) is 63.7 Å². The Balaban J connectivity index is 1.88. The summed E-state index contributed by atoms with van der Waals surface area (Å²) in [6, 6.07) is 8.85. The number of rotatable bonds is 5. The predicted octanol–water partition coefficient (Wildman–Crippen LogP) is 8.62. The fourth-order valence-electron chi connectivity index (χ4n) is 3.70. The van der Waals surface area contributed by atoms with Crippen LogP contribution >= 0.6 is 98.5 Å². The molecule has 0 spiro atoms. The lowest BCUT2D eigenvalue weighted by Crippen LogP contribution is -2.56. The van der Waals surface area contributed by atoms with Crippen molar-refractivity contribution in [1.82, 2.24) is 10.0 Å². The first kappa shape index (κ1) is 28.7. The average molecular weight is 817 g/mol. The Labute approximate surface area is 259 Å². The molecule has 3 aromatic carbocycles. The maximum Gasteiger partial charge on any atom is 0.282 e. The Kier molecular flexibility index (Phi) is 8.60. The van der Waals surface area contributed by atoms with Crippen LogP contribution < -0.4 is 0 Å². The molecule has 190 valence electrons. The van der Waals surface area contributed by atoms with Crippen LogP contribution in [0.2, 0.25) is 15.1 Å². The third kappa shape index (κ3) is 5.06. The standard InChI is InChI=1S/C24H11Br4Cl3N2O4/c1-9(21(34)10-2-5-12(29)6-3-10)32(22(35)11-4-7-13(30)14(31)8-11)33-23(36)15-16(24(33)37)18(26)20(28)19(27)17(15)25/h2-9H,1H3/t9-/m0/s1. The third-order valence-corrected chi connectivity index (χ3v) is 11.3. The molecule has 3 amide bonds. The summed E-state index contributed by atoms with van der Waals surface area (Å²) >= 11 is 31.6. The molecule has 0 aliphatic carbocycles. The smallest absolute Gasteiger partial charge is 0.282 e. The van der Waals surface area contributed by atoms with Crippen LogP contribution in [0.1, 0.15) is 48.4 Å². The van der Waals surface area contributed by atoms with Crippen molar-refractivity contribution in [3.63, 3.8) is 0 Å². The van der Waals surface area contributed by atoms with Crippen LogP contribution in [-0.2, 0) is 0 Å². The minimum Gasteiger partial charge on any atom is -0.292 e. The fraction of sp³-hybridized carbons (Fsp3) is 0.0833. The lowest BCUT2D eigenvalue weighted by atomic mass is 10.0. The maximum atomic E-state index is 13.8. The van der Waals surface area contributed by atoms with Gasteiger partial charge in [-0.25, -0.2) is 5.01 Å². The average Bonchev–Trinajstić information content (AvgIpc) is 3.13. The number of imide groups is 1. The fourth-order valence-corrected chi connectivity index (χ4v) is 6.58.